The molecule has 1 atom stereocenters. The number of hydrogen-bond donors (Lipinski definition) is 0. The van der Waals surface area contributed by atoms with E-state index in [4.69, 9.17) is 16.0 Å². The van der Waals surface area contributed by atoms with Gasteiger partial charge in [0.2, 0.25) is 0 Å². The highest BCUT2D eigenvalue weighted by Crippen LogP contribution is 2.25. The summed E-state index contributed by atoms with van der Waals surface area (Å²) in [6.45, 7) is 4.26. The predicted octanol–water partition coefficient (Wildman–Crippen LogP) is 4.34. The third kappa shape index (κ3) is 3.97. The fraction of sp³-hybridized carbons (Fsp3) is 0.636. The zero-order chi connectivity index (χ0) is 10.4. The second-order valence-corrected chi connectivity index (χ2v) is 5.08. The monoisotopic (exact) mass is 232 g/mol. The minimum atomic E-state index is 0.729. The summed E-state index contributed by atoms with van der Waals surface area (Å²) < 4.78 is 5.23. The Balaban J connectivity index is 2.19. The molecule has 1 heterocycles. The lowest BCUT2D eigenvalue weighted by Crippen LogP contribution is -1.97. The van der Waals surface area contributed by atoms with E-state index < -0.39 is 0 Å². The first-order valence-corrected chi connectivity index (χ1v) is 6.49. The van der Waals surface area contributed by atoms with Crippen LogP contribution in [0.1, 0.15) is 25.5 Å². The normalized spacial score (nSPS) is 13.1. The SMILES string of the molecule is Cc1occc1SCCC(C)CCCl. The smallest absolute Gasteiger partial charge is 0.114 e. The summed E-state index contributed by atoms with van der Waals surface area (Å²) in [6.07, 6.45) is 4.09. The molecule has 1 nitrogen and oxygen atoms in total. The molecule has 0 aliphatic heterocycles. The Morgan fingerprint density at radius 3 is 2.86 bits per heavy atom. The highest BCUT2D eigenvalue weighted by atomic mass is 35.5. The standard InChI is InChI=1S/C11H17ClOS/c1-9(3-6-12)5-8-14-11-4-7-13-10(11)2/h4,7,9H,3,5-6,8H2,1-2H3. The molecule has 0 aromatic carbocycles. The Bertz CT molecular complexity index is 260. The van der Waals surface area contributed by atoms with Gasteiger partial charge in [0.05, 0.1) is 6.26 Å². The molecule has 1 aromatic rings. The summed E-state index contributed by atoms with van der Waals surface area (Å²) in [5, 5.41) is 0. The van der Waals surface area contributed by atoms with Crippen molar-refractivity contribution in [3.63, 3.8) is 0 Å². The number of thioether (sulfide) groups is 1. The highest BCUT2D eigenvalue weighted by Gasteiger charge is 2.04. The van der Waals surface area contributed by atoms with Crippen LogP contribution in [-0.4, -0.2) is 11.6 Å². The molecule has 0 spiro atoms. The highest BCUT2D eigenvalue weighted by molar-refractivity contribution is 7.99. The molecule has 3 heteroatoms. The van der Waals surface area contributed by atoms with Gasteiger partial charge < -0.3 is 4.42 Å². The summed E-state index contributed by atoms with van der Waals surface area (Å²) >= 11 is 7.55. The van der Waals surface area contributed by atoms with Crippen molar-refractivity contribution in [1.82, 2.24) is 0 Å². The lowest BCUT2D eigenvalue weighted by atomic mass is 10.1. The average molecular weight is 233 g/mol. The van der Waals surface area contributed by atoms with Crippen molar-refractivity contribution in [2.75, 3.05) is 11.6 Å². The van der Waals surface area contributed by atoms with Gasteiger partial charge in [-0.2, -0.15) is 0 Å². The van der Waals surface area contributed by atoms with Gasteiger partial charge in [-0.05, 0) is 37.5 Å². The Hall–Kier alpha value is -0.0800. The molecule has 0 bridgehead atoms. The van der Waals surface area contributed by atoms with Crippen LogP contribution in [0.3, 0.4) is 0 Å². The molecule has 0 amide bonds. The van der Waals surface area contributed by atoms with E-state index in [9.17, 15) is 0 Å². The number of aryl methyl sites for hydroxylation is 1. The molecule has 1 rings (SSSR count). The topological polar surface area (TPSA) is 13.1 Å². The maximum absolute atomic E-state index is 5.68. The van der Waals surface area contributed by atoms with E-state index in [-0.39, 0.29) is 0 Å². The molecule has 14 heavy (non-hydrogen) atoms. The zero-order valence-electron chi connectivity index (χ0n) is 8.75. The van der Waals surface area contributed by atoms with Gasteiger partial charge in [-0.15, -0.1) is 23.4 Å². The van der Waals surface area contributed by atoms with Crippen LogP contribution in [0.4, 0.5) is 0 Å². The third-order valence-corrected chi connectivity index (χ3v) is 3.67. The van der Waals surface area contributed by atoms with Crippen LogP contribution in [0.15, 0.2) is 21.6 Å². The Kier molecular flexibility index (Phi) is 5.49. The number of alkyl halides is 1. The molecular formula is C11H17ClOS. The molecule has 0 fully saturated rings. The van der Waals surface area contributed by atoms with Crippen molar-refractivity contribution in [3.05, 3.63) is 18.1 Å². The van der Waals surface area contributed by atoms with E-state index in [1.807, 2.05) is 24.8 Å². The first kappa shape index (κ1) is 12.0. The molecule has 0 radical (unpaired) electrons. The summed E-state index contributed by atoms with van der Waals surface area (Å²) in [7, 11) is 0. The summed E-state index contributed by atoms with van der Waals surface area (Å²) in [5.74, 6) is 3.68. The van der Waals surface area contributed by atoms with E-state index >= 15 is 0 Å². The number of rotatable bonds is 6. The Morgan fingerprint density at radius 1 is 1.50 bits per heavy atom. The van der Waals surface area contributed by atoms with Gasteiger partial charge in [-0.1, -0.05) is 6.92 Å². The fourth-order valence-electron chi connectivity index (χ4n) is 1.22. The summed E-state index contributed by atoms with van der Waals surface area (Å²) in [4.78, 5) is 1.27. The number of furan rings is 1. The maximum atomic E-state index is 5.68. The summed E-state index contributed by atoms with van der Waals surface area (Å²) in [5.41, 5.74) is 0. The van der Waals surface area contributed by atoms with Gasteiger partial charge in [0.15, 0.2) is 0 Å². The molecule has 0 saturated carbocycles. The largest absolute Gasteiger partial charge is 0.468 e. The Labute approximate surface area is 95.2 Å². The average Bonchev–Trinajstić information content (AvgIpc) is 2.52. The van der Waals surface area contributed by atoms with E-state index in [1.54, 1.807) is 6.26 Å². The molecule has 0 N–H and O–H groups in total. The van der Waals surface area contributed by atoms with Crippen LogP contribution in [0, 0.1) is 12.8 Å². The molecule has 1 aromatic heterocycles. The molecule has 0 aliphatic carbocycles. The van der Waals surface area contributed by atoms with E-state index in [1.165, 1.54) is 11.3 Å². The lowest BCUT2D eigenvalue weighted by Gasteiger charge is -2.07. The summed E-state index contributed by atoms with van der Waals surface area (Å²) in [6, 6.07) is 2.03. The second-order valence-electron chi connectivity index (χ2n) is 3.56. The van der Waals surface area contributed by atoms with Crippen molar-refractivity contribution >= 4 is 23.4 Å². The van der Waals surface area contributed by atoms with Crippen molar-refractivity contribution < 1.29 is 4.42 Å². The van der Waals surface area contributed by atoms with Crippen LogP contribution < -0.4 is 0 Å². The lowest BCUT2D eigenvalue weighted by molar-refractivity contribution is 0.526. The van der Waals surface area contributed by atoms with Crippen LogP contribution >= 0.6 is 23.4 Å². The van der Waals surface area contributed by atoms with Crippen LogP contribution in [0.5, 0.6) is 0 Å². The third-order valence-electron chi connectivity index (χ3n) is 2.28. The molecule has 80 valence electrons. The van der Waals surface area contributed by atoms with Crippen molar-refractivity contribution in [2.45, 2.75) is 31.6 Å². The van der Waals surface area contributed by atoms with Gasteiger partial charge in [0.25, 0.3) is 0 Å². The zero-order valence-corrected chi connectivity index (χ0v) is 10.3. The van der Waals surface area contributed by atoms with Crippen LogP contribution in [0.25, 0.3) is 0 Å². The van der Waals surface area contributed by atoms with Crippen molar-refractivity contribution in [3.8, 4) is 0 Å². The van der Waals surface area contributed by atoms with Crippen molar-refractivity contribution in [1.29, 1.82) is 0 Å². The van der Waals surface area contributed by atoms with E-state index in [0.717, 1.165) is 29.7 Å². The minimum Gasteiger partial charge on any atom is -0.468 e. The Morgan fingerprint density at radius 2 is 2.29 bits per heavy atom. The van der Waals surface area contributed by atoms with Crippen molar-refractivity contribution in [2.24, 2.45) is 5.92 Å². The second kappa shape index (κ2) is 6.41. The van der Waals surface area contributed by atoms with E-state index in [0.29, 0.717) is 0 Å². The number of halogens is 1. The molecular weight excluding hydrogens is 216 g/mol. The van der Waals surface area contributed by atoms with Gasteiger partial charge in [0, 0.05) is 10.8 Å². The van der Waals surface area contributed by atoms with Gasteiger partial charge in [-0.3, -0.25) is 0 Å². The first-order chi connectivity index (χ1) is 6.74. The van der Waals surface area contributed by atoms with Gasteiger partial charge >= 0.3 is 0 Å². The molecule has 0 saturated heterocycles. The molecule has 0 aliphatic rings. The number of hydrogen-bond acceptors (Lipinski definition) is 2. The van der Waals surface area contributed by atoms with Gasteiger partial charge in [-0.25, -0.2) is 0 Å². The van der Waals surface area contributed by atoms with Gasteiger partial charge in [0.1, 0.15) is 5.76 Å². The van der Waals surface area contributed by atoms with Crippen LogP contribution in [-0.2, 0) is 0 Å². The maximum Gasteiger partial charge on any atom is 0.114 e. The molecule has 1 unspecified atom stereocenters. The van der Waals surface area contributed by atoms with E-state index in [2.05, 4.69) is 6.92 Å². The quantitative estimate of drug-likeness (QED) is 0.535. The first-order valence-electron chi connectivity index (χ1n) is 4.97. The fourth-order valence-corrected chi connectivity index (χ4v) is 2.74. The van der Waals surface area contributed by atoms with Crippen LogP contribution in [0.2, 0.25) is 0 Å². The minimum absolute atomic E-state index is 0.729. The predicted molar refractivity (Wildman–Crippen MR) is 63.3 cm³/mol.